The van der Waals surface area contributed by atoms with E-state index in [0.29, 0.717) is 24.2 Å². The van der Waals surface area contributed by atoms with Crippen molar-refractivity contribution in [2.24, 2.45) is 5.73 Å². The van der Waals surface area contributed by atoms with Crippen LogP contribution in [-0.2, 0) is 6.18 Å². The van der Waals surface area contributed by atoms with Crippen molar-refractivity contribution in [2.45, 2.75) is 18.6 Å². The van der Waals surface area contributed by atoms with Crippen LogP contribution in [0.2, 0.25) is 0 Å². The van der Waals surface area contributed by atoms with Gasteiger partial charge in [-0.05, 0) is 18.6 Å². The molecule has 2 aromatic rings. The molecule has 1 fully saturated rings. The number of halogens is 3. The monoisotopic (exact) mass is 326 g/mol. The van der Waals surface area contributed by atoms with Crippen LogP contribution < -0.4 is 5.73 Å². The molecule has 1 aliphatic heterocycles. The highest BCUT2D eigenvalue weighted by atomic mass is 19.4. The van der Waals surface area contributed by atoms with Crippen LogP contribution in [0.15, 0.2) is 28.8 Å². The summed E-state index contributed by atoms with van der Waals surface area (Å²) in [5.74, 6) is -1.74. The Morgan fingerprint density at radius 3 is 2.52 bits per heavy atom. The number of carbonyl (C=O) groups is 1. The molecular formula is C14H13F3N4O2. The molecule has 1 aromatic carbocycles. The number of aromatic nitrogens is 2. The molecule has 0 spiro atoms. The first-order chi connectivity index (χ1) is 10.8. The maximum Gasteiger partial charge on any atom is 0.471 e. The van der Waals surface area contributed by atoms with Crippen molar-refractivity contribution in [3.63, 3.8) is 0 Å². The Balaban J connectivity index is 1.77. The topological polar surface area (TPSA) is 85.2 Å². The van der Waals surface area contributed by atoms with E-state index in [1.165, 1.54) is 24.3 Å². The van der Waals surface area contributed by atoms with Crippen LogP contribution in [0.4, 0.5) is 13.2 Å². The molecular weight excluding hydrogens is 313 g/mol. The van der Waals surface area contributed by atoms with Crippen LogP contribution in [0.5, 0.6) is 0 Å². The molecule has 1 amide bonds. The van der Waals surface area contributed by atoms with Gasteiger partial charge in [-0.3, -0.25) is 4.79 Å². The van der Waals surface area contributed by atoms with Gasteiger partial charge in [-0.15, -0.1) is 0 Å². The summed E-state index contributed by atoms with van der Waals surface area (Å²) in [6, 6.07) is 5.98. The molecule has 23 heavy (non-hydrogen) atoms. The summed E-state index contributed by atoms with van der Waals surface area (Å²) in [4.78, 5) is 17.2. The zero-order chi connectivity index (χ0) is 16.6. The van der Waals surface area contributed by atoms with Gasteiger partial charge in [0.15, 0.2) is 0 Å². The second-order valence-corrected chi connectivity index (χ2v) is 5.30. The van der Waals surface area contributed by atoms with E-state index in [0.717, 1.165) is 6.42 Å². The Hall–Kier alpha value is -2.42. The Morgan fingerprint density at radius 2 is 2.00 bits per heavy atom. The highest BCUT2D eigenvalue weighted by Crippen LogP contribution is 2.29. The average Bonchev–Trinajstić information content (AvgIpc) is 3.15. The Bertz CT molecular complexity index is 712. The molecule has 0 aliphatic carbocycles. The van der Waals surface area contributed by atoms with Crippen molar-refractivity contribution in [3.05, 3.63) is 35.7 Å². The fourth-order valence-corrected chi connectivity index (χ4v) is 2.37. The fourth-order valence-electron chi connectivity index (χ4n) is 2.37. The van der Waals surface area contributed by atoms with E-state index >= 15 is 0 Å². The zero-order valence-corrected chi connectivity index (χ0v) is 11.9. The summed E-state index contributed by atoms with van der Waals surface area (Å²) in [6.45, 7) is 1.10. The number of nitrogens with two attached hydrogens (primary N) is 1. The van der Waals surface area contributed by atoms with Gasteiger partial charge < -0.3 is 15.2 Å². The summed E-state index contributed by atoms with van der Waals surface area (Å²) in [6.07, 6.45) is -3.93. The van der Waals surface area contributed by atoms with E-state index in [1.807, 2.05) is 0 Å². The molecule has 0 bridgehead atoms. The van der Waals surface area contributed by atoms with Crippen molar-refractivity contribution in [2.75, 3.05) is 13.1 Å². The first-order valence-corrected chi connectivity index (χ1v) is 6.91. The van der Waals surface area contributed by atoms with Crippen LogP contribution in [0.3, 0.4) is 0 Å². The van der Waals surface area contributed by atoms with E-state index < -0.39 is 12.1 Å². The fraction of sp³-hybridized carbons (Fsp3) is 0.357. The summed E-state index contributed by atoms with van der Waals surface area (Å²) >= 11 is 0. The second-order valence-electron chi connectivity index (χ2n) is 5.30. The Morgan fingerprint density at radius 1 is 1.30 bits per heavy atom. The van der Waals surface area contributed by atoms with Gasteiger partial charge in [-0.1, -0.05) is 17.3 Å². The van der Waals surface area contributed by atoms with E-state index in [-0.39, 0.29) is 17.8 Å². The molecule has 0 saturated carbocycles. The summed E-state index contributed by atoms with van der Waals surface area (Å²) < 4.78 is 41.5. The van der Waals surface area contributed by atoms with Crippen LogP contribution in [0.25, 0.3) is 11.4 Å². The molecule has 3 rings (SSSR count). The molecule has 0 radical (unpaired) electrons. The molecule has 9 heteroatoms. The molecule has 122 valence electrons. The van der Waals surface area contributed by atoms with E-state index in [1.54, 1.807) is 4.90 Å². The normalized spacial score (nSPS) is 18.4. The summed E-state index contributed by atoms with van der Waals surface area (Å²) in [5, 5.41) is 3.30. The number of likely N-dealkylation sites (tertiary alicyclic amines) is 1. The third-order valence-electron chi connectivity index (χ3n) is 3.57. The zero-order valence-electron chi connectivity index (χ0n) is 11.9. The second kappa shape index (κ2) is 5.65. The number of rotatable bonds is 2. The average molecular weight is 326 g/mol. The standard InChI is InChI=1S/C14H13F3N4O2/c15-14(16,17)13-19-11(20-23-13)8-1-3-9(4-2-8)12(22)21-6-5-10(18)7-21/h1-4,10H,5-7,18H2/t10-/m0/s1. The van der Waals surface area contributed by atoms with E-state index in [2.05, 4.69) is 14.7 Å². The first-order valence-electron chi connectivity index (χ1n) is 6.91. The number of hydrogen-bond acceptors (Lipinski definition) is 5. The quantitative estimate of drug-likeness (QED) is 0.911. The van der Waals surface area contributed by atoms with Gasteiger partial charge in [0.1, 0.15) is 0 Å². The van der Waals surface area contributed by atoms with Crippen LogP contribution in [0.1, 0.15) is 22.7 Å². The number of amides is 1. The minimum atomic E-state index is -4.68. The van der Waals surface area contributed by atoms with Crippen molar-refractivity contribution in [1.82, 2.24) is 15.0 Å². The van der Waals surface area contributed by atoms with Gasteiger partial charge in [-0.25, -0.2) is 0 Å². The maximum atomic E-state index is 12.4. The first kappa shape index (κ1) is 15.5. The summed E-state index contributed by atoms with van der Waals surface area (Å²) in [5.41, 5.74) is 6.53. The molecule has 2 N–H and O–H groups in total. The molecule has 1 saturated heterocycles. The summed E-state index contributed by atoms with van der Waals surface area (Å²) in [7, 11) is 0. The predicted molar refractivity (Wildman–Crippen MR) is 73.2 cm³/mol. The van der Waals surface area contributed by atoms with Gasteiger partial charge in [0.2, 0.25) is 5.82 Å². The molecule has 1 aliphatic rings. The lowest BCUT2D eigenvalue weighted by Gasteiger charge is -2.15. The lowest BCUT2D eigenvalue weighted by molar-refractivity contribution is -0.159. The van der Waals surface area contributed by atoms with Gasteiger partial charge >= 0.3 is 12.1 Å². The van der Waals surface area contributed by atoms with Crippen LogP contribution in [0, 0.1) is 0 Å². The van der Waals surface area contributed by atoms with E-state index in [9.17, 15) is 18.0 Å². The molecule has 0 unspecified atom stereocenters. The van der Waals surface area contributed by atoms with Gasteiger partial charge in [0.05, 0.1) is 0 Å². The molecule has 1 atom stereocenters. The Labute approximate surface area is 129 Å². The van der Waals surface area contributed by atoms with Crippen molar-refractivity contribution in [1.29, 1.82) is 0 Å². The van der Waals surface area contributed by atoms with Crippen molar-refractivity contribution in [3.8, 4) is 11.4 Å². The van der Waals surface area contributed by atoms with Crippen LogP contribution in [-0.4, -0.2) is 40.1 Å². The SMILES string of the molecule is N[C@H]1CCN(C(=O)c2ccc(-c3noc(C(F)(F)F)n3)cc2)C1. The smallest absolute Gasteiger partial charge is 0.337 e. The number of carbonyl (C=O) groups excluding carboxylic acids is 1. The number of benzene rings is 1. The highest BCUT2D eigenvalue weighted by molar-refractivity contribution is 5.94. The molecule has 1 aromatic heterocycles. The minimum Gasteiger partial charge on any atom is -0.337 e. The van der Waals surface area contributed by atoms with Gasteiger partial charge in [0, 0.05) is 30.3 Å². The maximum absolute atomic E-state index is 12.4. The highest BCUT2D eigenvalue weighted by Gasteiger charge is 2.38. The van der Waals surface area contributed by atoms with Gasteiger partial charge in [-0.2, -0.15) is 18.2 Å². The largest absolute Gasteiger partial charge is 0.471 e. The Kier molecular flexibility index (Phi) is 3.80. The number of nitrogens with zero attached hydrogens (tertiary/aromatic N) is 3. The minimum absolute atomic E-state index is 0.0154. The van der Waals surface area contributed by atoms with Crippen molar-refractivity contribution < 1.29 is 22.5 Å². The van der Waals surface area contributed by atoms with E-state index in [4.69, 9.17) is 5.73 Å². The predicted octanol–water partition coefficient (Wildman–Crippen LogP) is 1.93. The molecule has 2 heterocycles. The molecule has 6 nitrogen and oxygen atoms in total. The number of hydrogen-bond donors (Lipinski definition) is 1. The van der Waals surface area contributed by atoms with Gasteiger partial charge in [0.25, 0.3) is 5.91 Å². The lowest BCUT2D eigenvalue weighted by atomic mass is 10.1. The third-order valence-corrected chi connectivity index (χ3v) is 3.57. The van der Waals surface area contributed by atoms with Crippen molar-refractivity contribution >= 4 is 5.91 Å². The van der Waals surface area contributed by atoms with Crippen LogP contribution >= 0.6 is 0 Å². The number of alkyl halides is 3. The third kappa shape index (κ3) is 3.19. The lowest BCUT2D eigenvalue weighted by Crippen LogP contribution is -2.31.